The van der Waals surface area contributed by atoms with Gasteiger partial charge in [-0.05, 0) is 73.7 Å². The molecule has 11 nitrogen and oxygen atoms in total. The largest absolute Gasteiger partial charge is 0.355 e. The lowest BCUT2D eigenvalue weighted by Crippen LogP contribution is -2.01. The van der Waals surface area contributed by atoms with Gasteiger partial charge in [0.2, 0.25) is 0 Å². The van der Waals surface area contributed by atoms with Crippen molar-refractivity contribution in [3.63, 3.8) is 0 Å². The van der Waals surface area contributed by atoms with Gasteiger partial charge in [0.25, 0.3) is 20.2 Å². The van der Waals surface area contributed by atoms with Gasteiger partial charge in [-0.15, -0.1) is 15.3 Å². The number of azo groups is 2. The predicted octanol–water partition coefficient (Wildman–Crippen LogP) is 9.37. The van der Waals surface area contributed by atoms with Crippen molar-refractivity contribution in [2.24, 2.45) is 20.5 Å². The number of fused-ring (bicyclic) bond motifs is 2. The van der Waals surface area contributed by atoms with E-state index in [0.29, 0.717) is 38.9 Å². The maximum atomic E-state index is 12.4. The lowest BCUT2D eigenvalue weighted by Gasteiger charge is -2.14. The summed E-state index contributed by atoms with van der Waals surface area (Å²) in [5.74, 6) is 0. The van der Waals surface area contributed by atoms with Crippen LogP contribution in [-0.2, 0) is 20.2 Å². The quantitative estimate of drug-likeness (QED) is 0.109. The molecule has 0 saturated heterocycles. The zero-order chi connectivity index (χ0) is 32.5. The van der Waals surface area contributed by atoms with Crippen molar-refractivity contribution in [1.29, 1.82) is 0 Å². The normalized spacial score (nSPS) is 12.4. The number of nitrogens with one attached hydrogen (secondary N) is 1. The highest BCUT2D eigenvalue weighted by molar-refractivity contribution is 7.86. The van der Waals surface area contributed by atoms with Crippen molar-refractivity contribution in [1.82, 2.24) is 0 Å². The highest BCUT2D eigenvalue weighted by atomic mass is 32.2. The molecular formula is C33H25N5O6S2. The standard InChI is InChI=1S/C33H25N5O6S2/c1-21-10-12-22(13-11-21)34-31-19-18-29(26-8-5-9-32(33(26)31)46(42,43)44)37-38-30-17-16-28(36-35-23-6-3-2-4-7-23)25-15-14-24(20-27(25)30)45(39,40)41/h2-20,34H,1H3,(H,39,40,41)(H,42,43,44). The average molecular weight is 652 g/mol. The van der Waals surface area contributed by atoms with Gasteiger partial charge in [-0.2, -0.15) is 21.9 Å². The molecule has 0 aromatic heterocycles. The first-order valence-corrected chi connectivity index (χ1v) is 16.7. The van der Waals surface area contributed by atoms with E-state index in [-0.39, 0.29) is 26.6 Å². The highest BCUT2D eigenvalue weighted by Gasteiger charge is 2.19. The van der Waals surface area contributed by atoms with E-state index >= 15 is 0 Å². The second-order valence-corrected chi connectivity index (χ2v) is 13.1. The monoisotopic (exact) mass is 651 g/mol. The summed E-state index contributed by atoms with van der Waals surface area (Å²) in [5.41, 5.74) is 3.75. The first kappa shape index (κ1) is 30.7. The van der Waals surface area contributed by atoms with Gasteiger partial charge in [0, 0.05) is 32.9 Å². The van der Waals surface area contributed by atoms with Gasteiger partial charge in [0.15, 0.2) is 0 Å². The first-order chi connectivity index (χ1) is 22.0. The molecule has 0 aliphatic rings. The Balaban J connectivity index is 1.48. The van der Waals surface area contributed by atoms with E-state index in [2.05, 4.69) is 25.8 Å². The van der Waals surface area contributed by atoms with Crippen molar-refractivity contribution in [2.45, 2.75) is 16.7 Å². The minimum Gasteiger partial charge on any atom is -0.355 e. The molecule has 0 bridgehead atoms. The van der Waals surface area contributed by atoms with Crippen molar-refractivity contribution in [3.8, 4) is 0 Å². The summed E-state index contributed by atoms with van der Waals surface area (Å²) in [5, 5.41) is 22.0. The zero-order valence-electron chi connectivity index (χ0n) is 24.1. The molecule has 0 amide bonds. The fourth-order valence-electron chi connectivity index (χ4n) is 4.90. The molecule has 0 spiro atoms. The molecule has 0 fully saturated rings. The number of aryl methyl sites for hydroxylation is 1. The van der Waals surface area contributed by atoms with Gasteiger partial charge in [-0.3, -0.25) is 9.11 Å². The Morgan fingerprint density at radius 3 is 1.87 bits per heavy atom. The van der Waals surface area contributed by atoms with E-state index in [0.717, 1.165) is 5.56 Å². The van der Waals surface area contributed by atoms with E-state index in [1.807, 2.05) is 49.4 Å². The molecule has 6 aromatic carbocycles. The Morgan fingerprint density at radius 2 is 1.20 bits per heavy atom. The van der Waals surface area contributed by atoms with Crippen LogP contribution in [0.5, 0.6) is 0 Å². The molecule has 0 saturated carbocycles. The molecule has 230 valence electrons. The SMILES string of the molecule is Cc1ccc(Nc2ccc(N=Nc3ccc(N=Nc4ccccc4)c4ccc(S(=O)(=O)O)cc34)c3cccc(S(=O)(=O)O)c23)cc1. The van der Waals surface area contributed by atoms with Crippen LogP contribution in [0.1, 0.15) is 5.56 Å². The number of hydrogen-bond acceptors (Lipinski definition) is 9. The van der Waals surface area contributed by atoms with Crippen molar-refractivity contribution in [3.05, 3.63) is 121 Å². The molecule has 0 heterocycles. The van der Waals surface area contributed by atoms with Gasteiger partial charge in [0.1, 0.15) is 4.90 Å². The number of anilines is 2. The molecule has 0 radical (unpaired) electrons. The Morgan fingerprint density at radius 1 is 0.565 bits per heavy atom. The Kier molecular flexibility index (Phi) is 8.15. The topological polar surface area (TPSA) is 170 Å². The van der Waals surface area contributed by atoms with Crippen LogP contribution in [0.2, 0.25) is 0 Å². The predicted molar refractivity (Wildman–Crippen MR) is 177 cm³/mol. The minimum atomic E-state index is -4.62. The summed E-state index contributed by atoms with van der Waals surface area (Å²) in [6.07, 6.45) is 0. The van der Waals surface area contributed by atoms with Gasteiger partial charge in [-0.1, -0.05) is 54.1 Å². The molecule has 3 N–H and O–H groups in total. The second kappa shape index (κ2) is 12.2. The number of nitrogens with zero attached hydrogens (tertiary/aromatic N) is 4. The van der Waals surface area contributed by atoms with Crippen LogP contribution in [0.15, 0.2) is 146 Å². The summed E-state index contributed by atoms with van der Waals surface area (Å²) in [7, 11) is -9.17. The number of hydrogen-bond donors (Lipinski definition) is 3. The lowest BCUT2D eigenvalue weighted by atomic mass is 10.1. The van der Waals surface area contributed by atoms with Crippen LogP contribution in [-0.4, -0.2) is 25.9 Å². The molecule has 6 aromatic rings. The summed E-state index contributed by atoms with van der Waals surface area (Å²) in [6.45, 7) is 1.95. The summed E-state index contributed by atoms with van der Waals surface area (Å²) in [6, 6.07) is 31.5. The maximum absolute atomic E-state index is 12.4. The van der Waals surface area contributed by atoms with Crippen molar-refractivity contribution >= 4 is 75.9 Å². The van der Waals surface area contributed by atoms with Crippen LogP contribution in [0.3, 0.4) is 0 Å². The Hall–Kier alpha value is -5.34. The van der Waals surface area contributed by atoms with Crippen LogP contribution in [0.25, 0.3) is 21.5 Å². The molecule has 0 unspecified atom stereocenters. The van der Waals surface area contributed by atoms with Crippen LogP contribution >= 0.6 is 0 Å². The fraction of sp³-hybridized carbons (Fsp3) is 0.0303. The van der Waals surface area contributed by atoms with Crippen LogP contribution < -0.4 is 5.32 Å². The van der Waals surface area contributed by atoms with E-state index in [9.17, 15) is 25.9 Å². The highest BCUT2D eigenvalue weighted by Crippen LogP contribution is 2.40. The second-order valence-electron chi connectivity index (χ2n) is 10.3. The van der Waals surface area contributed by atoms with E-state index in [4.69, 9.17) is 0 Å². The van der Waals surface area contributed by atoms with E-state index < -0.39 is 20.2 Å². The zero-order valence-corrected chi connectivity index (χ0v) is 25.7. The Labute approximate surface area is 264 Å². The summed E-state index contributed by atoms with van der Waals surface area (Å²) in [4.78, 5) is -0.656. The summed E-state index contributed by atoms with van der Waals surface area (Å²) < 4.78 is 68.6. The maximum Gasteiger partial charge on any atom is 0.295 e. The third-order valence-electron chi connectivity index (χ3n) is 7.12. The van der Waals surface area contributed by atoms with E-state index in [1.165, 1.54) is 30.3 Å². The average Bonchev–Trinajstić information content (AvgIpc) is 3.03. The Bertz CT molecular complexity index is 2400. The molecule has 0 aliphatic heterocycles. The van der Waals surface area contributed by atoms with Gasteiger partial charge < -0.3 is 5.32 Å². The third kappa shape index (κ3) is 6.53. The lowest BCUT2D eigenvalue weighted by molar-refractivity contribution is 0.481. The minimum absolute atomic E-state index is 0.206. The summed E-state index contributed by atoms with van der Waals surface area (Å²) >= 11 is 0. The number of rotatable bonds is 8. The van der Waals surface area contributed by atoms with Gasteiger partial charge in [0.05, 0.1) is 27.6 Å². The van der Waals surface area contributed by atoms with E-state index in [1.54, 1.807) is 42.5 Å². The smallest absolute Gasteiger partial charge is 0.295 e. The molecular weight excluding hydrogens is 627 g/mol. The van der Waals surface area contributed by atoms with Crippen molar-refractivity contribution in [2.75, 3.05) is 5.32 Å². The van der Waals surface area contributed by atoms with Crippen LogP contribution in [0.4, 0.5) is 34.1 Å². The van der Waals surface area contributed by atoms with Gasteiger partial charge in [-0.25, -0.2) is 0 Å². The first-order valence-electron chi connectivity index (χ1n) is 13.8. The molecule has 6 rings (SSSR count). The molecule has 46 heavy (non-hydrogen) atoms. The van der Waals surface area contributed by atoms with Crippen LogP contribution in [0, 0.1) is 6.92 Å². The molecule has 13 heteroatoms. The van der Waals surface area contributed by atoms with Gasteiger partial charge >= 0.3 is 0 Å². The number of benzene rings is 6. The fourth-order valence-corrected chi connectivity index (χ4v) is 6.14. The third-order valence-corrected chi connectivity index (χ3v) is 8.87. The molecule has 0 aliphatic carbocycles. The van der Waals surface area contributed by atoms with Crippen molar-refractivity contribution < 1.29 is 25.9 Å². The molecule has 0 atom stereocenters.